The standard InChI is InChI=1S/C9H12BrNS2/c10-7-3-9(13-5-7)4-11-8-1-2-12-6-8/h3,5,8,11H,1-2,4,6H2. The molecule has 1 aromatic rings. The van der Waals surface area contributed by atoms with Gasteiger partial charge in [-0.3, -0.25) is 0 Å². The Bertz CT molecular complexity index is 268. The van der Waals surface area contributed by atoms with Gasteiger partial charge in [0.25, 0.3) is 0 Å². The van der Waals surface area contributed by atoms with E-state index in [0.29, 0.717) is 0 Å². The van der Waals surface area contributed by atoms with Crippen molar-refractivity contribution >= 4 is 39.0 Å². The summed E-state index contributed by atoms with van der Waals surface area (Å²) in [6, 6.07) is 2.94. The van der Waals surface area contributed by atoms with Crippen molar-refractivity contribution in [2.45, 2.75) is 19.0 Å². The van der Waals surface area contributed by atoms with Gasteiger partial charge in [-0.25, -0.2) is 0 Å². The molecule has 1 N–H and O–H groups in total. The van der Waals surface area contributed by atoms with Crippen molar-refractivity contribution in [2.24, 2.45) is 0 Å². The third-order valence-corrected chi connectivity index (χ3v) is 4.98. The highest BCUT2D eigenvalue weighted by Crippen LogP contribution is 2.21. The molecule has 0 amide bonds. The topological polar surface area (TPSA) is 12.0 Å². The third-order valence-electron chi connectivity index (χ3n) is 2.12. The van der Waals surface area contributed by atoms with Gasteiger partial charge in [0.05, 0.1) is 0 Å². The van der Waals surface area contributed by atoms with E-state index in [1.54, 1.807) is 0 Å². The van der Waals surface area contributed by atoms with Crippen LogP contribution < -0.4 is 5.32 Å². The molecule has 1 nitrogen and oxygen atoms in total. The predicted octanol–water partition coefficient (Wildman–Crippen LogP) is 3.11. The fourth-order valence-corrected chi connectivity index (χ4v) is 3.98. The Balaban J connectivity index is 1.78. The summed E-state index contributed by atoms with van der Waals surface area (Å²) in [5, 5.41) is 5.72. The summed E-state index contributed by atoms with van der Waals surface area (Å²) in [4.78, 5) is 1.42. The summed E-state index contributed by atoms with van der Waals surface area (Å²) in [5.41, 5.74) is 0. The van der Waals surface area contributed by atoms with E-state index in [-0.39, 0.29) is 0 Å². The van der Waals surface area contributed by atoms with Crippen LogP contribution in [-0.2, 0) is 6.54 Å². The van der Waals surface area contributed by atoms with Crippen LogP contribution in [0.2, 0.25) is 0 Å². The molecule has 72 valence electrons. The maximum atomic E-state index is 3.58. The van der Waals surface area contributed by atoms with E-state index in [0.717, 1.165) is 12.6 Å². The second-order valence-corrected chi connectivity index (χ2v) is 6.23. The Hall–Kier alpha value is 0.490. The minimum Gasteiger partial charge on any atom is -0.308 e. The number of hydrogen-bond acceptors (Lipinski definition) is 3. The van der Waals surface area contributed by atoms with Crippen LogP contribution in [0.1, 0.15) is 11.3 Å². The minimum atomic E-state index is 0.742. The van der Waals surface area contributed by atoms with E-state index < -0.39 is 0 Å². The molecule has 1 saturated heterocycles. The molecule has 1 aromatic heterocycles. The molecule has 2 heterocycles. The van der Waals surface area contributed by atoms with Gasteiger partial charge < -0.3 is 5.32 Å². The lowest BCUT2D eigenvalue weighted by atomic mass is 10.2. The van der Waals surface area contributed by atoms with E-state index in [1.165, 1.54) is 27.3 Å². The fourth-order valence-electron chi connectivity index (χ4n) is 1.39. The van der Waals surface area contributed by atoms with Gasteiger partial charge in [-0.2, -0.15) is 11.8 Å². The number of thiophene rings is 1. The highest BCUT2D eigenvalue weighted by atomic mass is 79.9. The Labute approximate surface area is 95.4 Å². The summed E-state index contributed by atoms with van der Waals surface area (Å²) in [7, 11) is 0. The van der Waals surface area contributed by atoms with E-state index in [9.17, 15) is 0 Å². The zero-order chi connectivity index (χ0) is 9.10. The first kappa shape index (κ1) is 10.0. The molecule has 1 unspecified atom stereocenters. The quantitative estimate of drug-likeness (QED) is 0.911. The van der Waals surface area contributed by atoms with Crippen LogP contribution in [0.3, 0.4) is 0 Å². The zero-order valence-electron chi connectivity index (χ0n) is 7.25. The van der Waals surface area contributed by atoms with Gasteiger partial charge >= 0.3 is 0 Å². The summed E-state index contributed by atoms with van der Waals surface area (Å²) >= 11 is 7.34. The molecule has 2 rings (SSSR count). The van der Waals surface area contributed by atoms with Crippen LogP contribution in [-0.4, -0.2) is 17.5 Å². The Morgan fingerprint density at radius 1 is 1.62 bits per heavy atom. The highest BCUT2D eigenvalue weighted by Gasteiger charge is 2.14. The number of hydrogen-bond donors (Lipinski definition) is 1. The number of rotatable bonds is 3. The number of halogens is 1. The Kier molecular flexibility index (Phi) is 3.72. The molecule has 0 radical (unpaired) electrons. The first-order valence-electron chi connectivity index (χ1n) is 4.38. The average molecular weight is 278 g/mol. The van der Waals surface area contributed by atoms with Gasteiger partial charge in [0, 0.05) is 33.1 Å². The molecule has 0 saturated carbocycles. The van der Waals surface area contributed by atoms with Crippen LogP contribution in [0.5, 0.6) is 0 Å². The molecule has 0 bridgehead atoms. The maximum absolute atomic E-state index is 3.58. The van der Waals surface area contributed by atoms with Crippen molar-refractivity contribution < 1.29 is 0 Å². The largest absolute Gasteiger partial charge is 0.308 e. The second kappa shape index (κ2) is 4.82. The van der Waals surface area contributed by atoms with Crippen molar-refractivity contribution in [2.75, 3.05) is 11.5 Å². The van der Waals surface area contributed by atoms with Gasteiger partial charge in [0.2, 0.25) is 0 Å². The first-order valence-corrected chi connectivity index (χ1v) is 7.21. The molecule has 1 aliphatic rings. The lowest BCUT2D eigenvalue weighted by Crippen LogP contribution is -2.27. The molecule has 4 heteroatoms. The molecule has 1 fully saturated rings. The van der Waals surface area contributed by atoms with E-state index in [1.807, 2.05) is 11.3 Å². The molecule has 13 heavy (non-hydrogen) atoms. The van der Waals surface area contributed by atoms with Gasteiger partial charge in [-0.15, -0.1) is 11.3 Å². The van der Waals surface area contributed by atoms with Gasteiger partial charge in [0.1, 0.15) is 0 Å². The SMILES string of the molecule is Brc1csc(CNC2CCSC2)c1. The smallest absolute Gasteiger partial charge is 0.0303 e. The van der Waals surface area contributed by atoms with Gasteiger partial charge in [-0.1, -0.05) is 0 Å². The number of thioether (sulfide) groups is 1. The number of nitrogens with one attached hydrogen (secondary N) is 1. The minimum absolute atomic E-state index is 0.742. The lowest BCUT2D eigenvalue weighted by molar-refractivity contribution is 0.561. The van der Waals surface area contributed by atoms with Crippen molar-refractivity contribution in [3.8, 4) is 0 Å². The Morgan fingerprint density at radius 2 is 2.54 bits per heavy atom. The molecule has 1 atom stereocenters. The summed E-state index contributed by atoms with van der Waals surface area (Å²) in [6.07, 6.45) is 1.33. The van der Waals surface area contributed by atoms with E-state index in [4.69, 9.17) is 0 Å². The average Bonchev–Trinajstić information content (AvgIpc) is 2.71. The van der Waals surface area contributed by atoms with Crippen LogP contribution in [0, 0.1) is 0 Å². The van der Waals surface area contributed by atoms with E-state index in [2.05, 4.69) is 44.5 Å². The second-order valence-electron chi connectivity index (χ2n) is 3.17. The molecule has 1 aliphatic heterocycles. The molecule has 0 aliphatic carbocycles. The maximum Gasteiger partial charge on any atom is 0.0303 e. The first-order chi connectivity index (χ1) is 6.34. The molecule has 0 spiro atoms. The molecular formula is C9H12BrNS2. The summed E-state index contributed by atoms with van der Waals surface area (Å²) < 4.78 is 1.20. The van der Waals surface area contributed by atoms with Crippen molar-refractivity contribution in [1.82, 2.24) is 5.32 Å². The van der Waals surface area contributed by atoms with Crippen molar-refractivity contribution in [3.63, 3.8) is 0 Å². The van der Waals surface area contributed by atoms with Gasteiger partial charge in [0.15, 0.2) is 0 Å². The fraction of sp³-hybridized carbons (Fsp3) is 0.556. The Morgan fingerprint density at radius 3 is 3.15 bits per heavy atom. The van der Waals surface area contributed by atoms with Gasteiger partial charge in [-0.05, 0) is 34.2 Å². The third kappa shape index (κ3) is 2.98. The van der Waals surface area contributed by atoms with Crippen molar-refractivity contribution in [1.29, 1.82) is 0 Å². The van der Waals surface area contributed by atoms with E-state index >= 15 is 0 Å². The lowest BCUT2D eigenvalue weighted by Gasteiger charge is -2.08. The monoisotopic (exact) mass is 277 g/mol. The van der Waals surface area contributed by atoms with Crippen LogP contribution in [0.25, 0.3) is 0 Å². The predicted molar refractivity (Wildman–Crippen MR) is 64.6 cm³/mol. The molecule has 0 aromatic carbocycles. The van der Waals surface area contributed by atoms with Crippen molar-refractivity contribution in [3.05, 3.63) is 20.8 Å². The zero-order valence-corrected chi connectivity index (χ0v) is 10.5. The normalized spacial score (nSPS) is 22.4. The van der Waals surface area contributed by atoms with Crippen LogP contribution in [0.15, 0.2) is 15.9 Å². The molecular weight excluding hydrogens is 266 g/mol. The summed E-state index contributed by atoms with van der Waals surface area (Å²) in [5.74, 6) is 2.61. The van der Waals surface area contributed by atoms with Crippen LogP contribution in [0.4, 0.5) is 0 Å². The summed E-state index contributed by atoms with van der Waals surface area (Å²) in [6.45, 7) is 1.03. The van der Waals surface area contributed by atoms with Crippen LogP contribution >= 0.6 is 39.0 Å². The highest BCUT2D eigenvalue weighted by molar-refractivity contribution is 9.10.